The third kappa shape index (κ3) is 76.8. The predicted octanol–water partition coefficient (Wildman–Crippen LogP) is 26.0. The van der Waals surface area contributed by atoms with E-state index in [9.17, 15) is 43.2 Å². The van der Waals surface area contributed by atoms with Crippen molar-refractivity contribution >= 4 is 39.5 Å². The van der Waals surface area contributed by atoms with Gasteiger partial charge in [0.1, 0.15) is 19.3 Å². The fraction of sp³-hybridized carbons (Fsp3) is 0.953. The molecule has 0 aliphatic carbocycles. The normalized spacial score (nSPS) is 14.0. The van der Waals surface area contributed by atoms with Crippen LogP contribution in [0.3, 0.4) is 0 Å². The second-order valence-electron chi connectivity index (χ2n) is 30.8. The molecule has 618 valence electrons. The van der Waals surface area contributed by atoms with Crippen molar-refractivity contribution in [2.24, 2.45) is 5.92 Å². The minimum Gasteiger partial charge on any atom is -0.462 e. The summed E-state index contributed by atoms with van der Waals surface area (Å²) >= 11 is 0. The highest BCUT2D eigenvalue weighted by atomic mass is 31.2. The molecule has 0 aromatic rings. The number of phosphoric ester groups is 2. The first-order chi connectivity index (χ1) is 50.6. The third-order valence-electron chi connectivity index (χ3n) is 20.4. The number of ether oxygens (including phenoxy) is 4. The molecule has 0 rings (SSSR count). The molecule has 0 amide bonds. The van der Waals surface area contributed by atoms with Crippen LogP contribution in [0, 0.1) is 5.92 Å². The Bertz CT molecular complexity index is 1980. The molecule has 0 fully saturated rings. The van der Waals surface area contributed by atoms with E-state index in [0.29, 0.717) is 25.7 Å². The minimum atomic E-state index is -4.96. The fourth-order valence-corrected chi connectivity index (χ4v) is 14.8. The van der Waals surface area contributed by atoms with Crippen molar-refractivity contribution in [2.45, 2.75) is 477 Å². The van der Waals surface area contributed by atoms with E-state index in [4.69, 9.17) is 37.0 Å². The van der Waals surface area contributed by atoms with Crippen LogP contribution >= 0.6 is 15.6 Å². The highest BCUT2D eigenvalue weighted by Gasteiger charge is 2.30. The molecule has 6 atom stereocenters. The highest BCUT2D eigenvalue weighted by Crippen LogP contribution is 2.45. The van der Waals surface area contributed by atoms with Gasteiger partial charge in [0.25, 0.3) is 0 Å². The summed E-state index contributed by atoms with van der Waals surface area (Å²) in [5, 5.41) is 10.7. The Morgan fingerprint density at radius 1 is 0.269 bits per heavy atom. The molecule has 104 heavy (non-hydrogen) atoms. The van der Waals surface area contributed by atoms with Gasteiger partial charge in [0.2, 0.25) is 0 Å². The Morgan fingerprint density at radius 2 is 0.462 bits per heavy atom. The number of unbranched alkanes of at least 4 members (excludes halogenated alkanes) is 56. The van der Waals surface area contributed by atoms with E-state index < -0.39 is 97.5 Å². The van der Waals surface area contributed by atoms with Crippen molar-refractivity contribution in [1.82, 2.24) is 0 Å². The molecule has 0 aromatic carbocycles. The number of carbonyl (C=O) groups is 4. The van der Waals surface area contributed by atoms with Gasteiger partial charge in [0.05, 0.1) is 26.4 Å². The van der Waals surface area contributed by atoms with Crippen LogP contribution in [-0.4, -0.2) is 96.7 Å². The van der Waals surface area contributed by atoms with E-state index in [1.54, 1.807) is 0 Å². The molecule has 19 heteroatoms. The zero-order valence-corrected chi connectivity index (χ0v) is 70.0. The summed E-state index contributed by atoms with van der Waals surface area (Å²) < 4.78 is 68.8. The van der Waals surface area contributed by atoms with Crippen LogP contribution in [0.4, 0.5) is 0 Å². The summed E-state index contributed by atoms with van der Waals surface area (Å²) in [6.45, 7) is 7.40. The molecule has 0 aliphatic heterocycles. The zero-order valence-electron chi connectivity index (χ0n) is 68.2. The monoisotopic (exact) mass is 1520 g/mol. The number of esters is 4. The molecule has 0 saturated carbocycles. The second-order valence-corrected chi connectivity index (χ2v) is 33.7. The van der Waals surface area contributed by atoms with Crippen LogP contribution in [0.1, 0.15) is 458 Å². The summed E-state index contributed by atoms with van der Waals surface area (Å²) in [6, 6.07) is 0. The second kappa shape index (κ2) is 77.8. The van der Waals surface area contributed by atoms with Crippen molar-refractivity contribution in [3.05, 3.63) is 0 Å². The largest absolute Gasteiger partial charge is 0.472 e. The lowest BCUT2D eigenvalue weighted by Crippen LogP contribution is -2.30. The number of hydrogen-bond acceptors (Lipinski definition) is 15. The van der Waals surface area contributed by atoms with E-state index in [-0.39, 0.29) is 25.7 Å². The number of carbonyl (C=O) groups excluding carboxylic acids is 4. The van der Waals surface area contributed by atoms with Crippen LogP contribution in [0.5, 0.6) is 0 Å². The molecule has 0 saturated heterocycles. The van der Waals surface area contributed by atoms with Gasteiger partial charge in [-0.25, -0.2) is 9.13 Å². The lowest BCUT2D eigenvalue weighted by atomic mass is 9.99. The molecule has 3 unspecified atom stereocenters. The van der Waals surface area contributed by atoms with E-state index in [2.05, 4.69) is 34.6 Å². The molecule has 17 nitrogen and oxygen atoms in total. The maximum Gasteiger partial charge on any atom is 0.472 e. The summed E-state index contributed by atoms with van der Waals surface area (Å²) in [5.74, 6) is -1.23. The van der Waals surface area contributed by atoms with Gasteiger partial charge in [-0.05, 0) is 31.6 Å². The van der Waals surface area contributed by atoms with Crippen LogP contribution in [0.25, 0.3) is 0 Å². The van der Waals surface area contributed by atoms with Crippen LogP contribution in [-0.2, 0) is 65.4 Å². The topological polar surface area (TPSA) is 237 Å². The Kier molecular flexibility index (Phi) is 76.3. The Labute approximate surface area is 638 Å². The number of rotatable bonds is 85. The van der Waals surface area contributed by atoms with Gasteiger partial charge in [-0.3, -0.25) is 37.3 Å². The van der Waals surface area contributed by atoms with Crippen molar-refractivity contribution in [2.75, 3.05) is 39.6 Å². The van der Waals surface area contributed by atoms with E-state index in [0.717, 1.165) is 95.8 Å². The number of phosphoric acid groups is 2. The lowest BCUT2D eigenvalue weighted by molar-refractivity contribution is -0.161. The van der Waals surface area contributed by atoms with E-state index >= 15 is 0 Å². The van der Waals surface area contributed by atoms with E-state index in [1.807, 2.05) is 0 Å². The Morgan fingerprint density at radius 3 is 0.683 bits per heavy atom. The van der Waals surface area contributed by atoms with Crippen molar-refractivity contribution in [3.63, 3.8) is 0 Å². The molecule has 3 N–H and O–H groups in total. The quantitative estimate of drug-likeness (QED) is 0.0222. The fourth-order valence-electron chi connectivity index (χ4n) is 13.3. The predicted molar refractivity (Wildman–Crippen MR) is 428 cm³/mol. The molecule has 0 aliphatic rings. The summed E-state index contributed by atoms with van der Waals surface area (Å²) in [4.78, 5) is 73.0. The van der Waals surface area contributed by atoms with Gasteiger partial charge in [0.15, 0.2) is 12.2 Å². The first-order valence-electron chi connectivity index (χ1n) is 44.2. The van der Waals surface area contributed by atoms with Gasteiger partial charge < -0.3 is 33.8 Å². The summed E-state index contributed by atoms with van der Waals surface area (Å²) in [6.07, 6.45) is 70.9. The molecular formula is C85H166O17P2. The zero-order chi connectivity index (χ0) is 76.2. The molecule has 0 radical (unpaired) electrons. The maximum absolute atomic E-state index is 13.1. The van der Waals surface area contributed by atoms with Crippen molar-refractivity contribution in [1.29, 1.82) is 0 Å². The Hall–Kier alpha value is -1.94. The molecule has 0 aromatic heterocycles. The van der Waals surface area contributed by atoms with Crippen LogP contribution in [0.15, 0.2) is 0 Å². The third-order valence-corrected chi connectivity index (χ3v) is 22.3. The Balaban J connectivity index is 5.17. The van der Waals surface area contributed by atoms with Gasteiger partial charge in [-0.15, -0.1) is 0 Å². The van der Waals surface area contributed by atoms with Crippen LogP contribution < -0.4 is 0 Å². The average Bonchev–Trinajstić information content (AvgIpc) is 0.904. The van der Waals surface area contributed by atoms with E-state index in [1.165, 1.54) is 283 Å². The molecular weight excluding hydrogens is 1350 g/mol. The number of aliphatic hydroxyl groups is 1. The first kappa shape index (κ1) is 102. The standard InChI is InChI=1S/C85H166O17P2/c1-6-10-13-16-19-22-24-26-28-29-30-31-35-38-42-45-49-54-59-64-69-83(88)96-75-81(102-85(90)71-66-61-56-51-47-43-39-36-33-32-34-37-40-44-48-52-57-62-67-78(5)9-4)77-100-104(93,94)98-73-79(86)72-97-103(91,92)99-76-80(74-95-82(87)68-63-58-53-21-18-15-12-8-3)101-84(89)70-65-60-55-50-46-41-27-25-23-20-17-14-11-7-2/h78-81,86H,6-77H2,1-5H3,(H,91,92)(H,93,94)/t78?,79-,80+,81+/m0/s1. The van der Waals surface area contributed by atoms with Gasteiger partial charge in [-0.2, -0.15) is 0 Å². The molecule has 0 spiro atoms. The first-order valence-corrected chi connectivity index (χ1v) is 47.2. The lowest BCUT2D eigenvalue weighted by Gasteiger charge is -2.21. The SMILES string of the molecule is CCCCCCCCCCCCCCCCCCCCCCC(=O)OC[C@H](COP(=O)(O)OC[C@@H](O)COP(=O)(O)OC[C@@H](COC(=O)CCCCCCCCCC)OC(=O)CCCCCCCCCCCCCCCC)OC(=O)CCCCCCCCCCCCCCCCCCCCC(C)CC. The van der Waals surface area contributed by atoms with Gasteiger partial charge in [0, 0.05) is 25.7 Å². The average molecular weight is 1520 g/mol. The maximum atomic E-state index is 13.1. The highest BCUT2D eigenvalue weighted by molar-refractivity contribution is 7.47. The van der Waals surface area contributed by atoms with Crippen molar-refractivity contribution < 1.29 is 80.2 Å². The summed E-state index contributed by atoms with van der Waals surface area (Å²) in [5.41, 5.74) is 0. The van der Waals surface area contributed by atoms with Gasteiger partial charge in [-0.1, -0.05) is 407 Å². The molecule has 0 bridgehead atoms. The summed E-state index contributed by atoms with van der Waals surface area (Å²) in [7, 11) is -9.92. The number of hydrogen-bond donors (Lipinski definition) is 3. The molecule has 0 heterocycles. The van der Waals surface area contributed by atoms with Crippen molar-refractivity contribution in [3.8, 4) is 0 Å². The van der Waals surface area contributed by atoms with Crippen LogP contribution in [0.2, 0.25) is 0 Å². The van der Waals surface area contributed by atoms with Gasteiger partial charge >= 0.3 is 39.5 Å². The smallest absolute Gasteiger partial charge is 0.462 e. The number of aliphatic hydroxyl groups excluding tert-OH is 1. The minimum absolute atomic E-state index is 0.108.